The molecule has 29 heavy (non-hydrogen) atoms. The molecule has 0 unspecified atom stereocenters. The summed E-state index contributed by atoms with van der Waals surface area (Å²) >= 11 is 6.00. The second kappa shape index (κ2) is 7.81. The van der Waals surface area contributed by atoms with Gasteiger partial charge in [0.05, 0.1) is 16.9 Å². The van der Waals surface area contributed by atoms with Crippen LogP contribution < -0.4 is 11.0 Å². The zero-order valence-electron chi connectivity index (χ0n) is 15.6. The molecule has 5 nitrogen and oxygen atoms in total. The Balaban J connectivity index is 1.91. The molecule has 0 aliphatic rings. The molecule has 0 spiro atoms. The maximum atomic E-state index is 13.4. The van der Waals surface area contributed by atoms with E-state index in [9.17, 15) is 9.90 Å². The van der Waals surface area contributed by atoms with Crippen molar-refractivity contribution in [2.24, 2.45) is 5.10 Å². The number of nitrogens with zero attached hydrogens (tertiary/aromatic N) is 2. The van der Waals surface area contributed by atoms with Crippen molar-refractivity contribution in [3.63, 3.8) is 0 Å². The van der Waals surface area contributed by atoms with Crippen LogP contribution in [0.25, 0.3) is 16.6 Å². The van der Waals surface area contributed by atoms with Gasteiger partial charge >= 0.3 is 0 Å². The lowest BCUT2D eigenvalue weighted by Crippen LogP contribution is -2.25. The molecule has 0 atom stereocenters. The topological polar surface area (TPSA) is 66.6 Å². The summed E-state index contributed by atoms with van der Waals surface area (Å²) in [5.74, 6) is -0.0908. The van der Waals surface area contributed by atoms with E-state index >= 15 is 0 Å². The van der Waals surface area contributed by atoms with Crippen LogP contribution in [-0.2, 0) is 0 Å². The van der Waals surface area contributed by atoms with E-state index in [1.807, 2.05) is 54.6 Å². The third-order valence-corrected chi connectivity index (χ3v) is 4.84. The molecule has 0 radical (unpaired) electrons. The van der Waals surface area contributed by atoms with E-state index in [1.165, 1.54) is 0 Å². The van der Waals surface area contributed by atoms with Crippen molar-refractivity contribution in [3.05, 3.63) is 99.8 Å². The number of fused-ring (bicyclic) bond motifs is 1. The zero-order chi connectivity index (χ0) is 20.4. The molecule has 0 bridgehead atoms. The minimum Gasteiger partial charge on any atom is -0.506 e. The molecule has 0 aliphatic carbocycles. The van der Waals surface area contributed by atoms with Gasteiger partial charge in [0.2, 0.25) is 0 Å². The lowest BCUT2D eigenvalue weighted by Gasteiger charge is -2.15. The second-order valence-corrected chi connectivity index (χ2v) is 6.97. The summed E-state index contributed by atoms with van der Waals surface area (Å²) in [7, 11) is 0. The Bertz CT molecular complexity index is 1280. The van der Waals surface area contributed by atoms with Crippen molar-refractivity contribution < 1.29 is 5.11 Å². The Morgan fingerprint density at radius 3 is 2.48 bits per heavy atom. The molecule has 0 fully saturated rings. The maximum absolute atomic E-state index is 13.4. The van der Waals surface area contributed by atoms with Gasteiger partial charge in [-0.05, 0) is 49.4 Å². The van der Waals surface area contributed by atoms with Crippen LogP contribution in [0.1, 0.15) is 12.5 Å². The number of nitrogens with one attached hydrogen (secondary N) is 1. The first-order valence-electron chi connectivity index (χ1n) is 9.04. The molecule has 3 aromatic carbocycles. The van der Waals surface area contributed by atoms with Crippen molar-refractivity contribution in [2.45, 2.75) is 6.92 Å². The number of aromatic hydroxyl groups is 1. The molecular weight excluding hydrogens is 386 g/mol. The molecule has 4 rings (SSSR count). The van der Waals surface area contributed by atoms with Gasteiger partial charge in [0, 0.05) is 16.1 Å². The SMILES string of the molecule is C/C(=N\Nc1cccc(Cl)c1)c1c(O)c2ccccc2n(-c2ccccc2)c1=O. The molecule has 1 aromatic heterocycles. The van der Waals surface area contributed by atoms with Crippen LogP contribution >= 0.6 is 11.6 Å². The molecule has 2 N–H and O–H groups in total. The van der Waals surface area contributed by atoms with E-state index in [4.69, 9.17) is 11.6 Å². The summed E-state index contributed by atoms with van der Waals surface area (Å²) in [4.78, 5) is 13.4. The molecule has 0 saturated heterocycles. The van der Waals surface area contributed by atoms with Gasteiger partial charge in [-0.2, -0.15) is 5.10 Å². The Morgan fingerprint density at radius 2 is 1.72 bits per heavy atom. The normalized spacial score (nSPS) is 11.6. The molecule has 144 valence electrons. The second-order valence-electron chi connectivity index (χ2n) is 6.54. The van der Waals surface area contributed by atoms with Gasteiger partial charge in [0.25, 0.3) is 5.56 Å². The molecular formula is C23H18ClN3O2. The number of hydrazone groups is 1. The summed E-state index contributed by atoms with van der Waals surface area (Å²) in [5.41, 5.74) is 5.07. The Morgan fingerprint density at radius 1 is 1.00 bits per heavy atom. The van der Waals surface area contributed by atoms with E-state index in [0.29, 0.717) is 33.0 Å². The summed E-state index contributed by atoms with van der Waals surface area (Å²) < 4.78 is 1.59. The largest absolute Gasteiger partial charge is 0.506 e. The molecule has 0 aliphatic heterocycles. The van der Waals surface area contributed by atoms with Gasteiger partial charge in [-0.25, -0.2) is 0 Å². The Labute approximate surface area is 172 Å². The highest BCUT2D eigenvalue weighted by atomic mass is 35.5. The lowest BCUT2D eigenvalue weighted by atomic mass is 10.1. The number of anilines is 1. The van der Waals surface area contributed by atoms with E-state index in [-0.39, 0.29) is 16.9 Å². The van der Waals surface area contributed by atoms with Crippen molar-refractivity contribution in [1.29, 1.82) is 0 Å². The summed E-state index contributed by atoms with van der Waals surface area (Å²) in [6.45, 7) is 1.68. The van der Waals surface area contributed by atoms with E-state index in [1.54, 1.807) is 35.8 Å². The van der Waals surface area contributed by atoms with Crippen molar-refractivity contribution in [1.82, 2.24) is 4.57 Å². The molecule has 4 aromatic rings. The van der Waals surface area contributed by atoms with Gasteiger partial charge in [-0.15, -0.1) is 0 Å². The number of hydrogen-bond donors (Lipinski definition) is 2. The summed E-state index contributed by atoms with van der Waals surface area (Å²) in [6.07, 6.45) is 0. The number of pyridine rings is 1. The van der Waals surface area contributed by atoms with Crippen molar-refractivity contribution >= 4 is 33.9 Å². The van der Waals surface area contributed by atoms with E-state index in [0.717, 1.165) is 0 Å². The number of halogens is 1. The number of rotatable bonds is 4. The monoisotopic (exact) mass is 403 g/mol. The Hall–Kier alpha value is -3.57. The fourth-order valence-electron chi connectivity index (χ4n) is 3.25. The fraction of sp³-hybridized carbons (Fsp3) is 0.0435. The first-order chi connectivity index (χ1) is 14.1. The van der Waals surface area contributed by atoms with Crippen molar-refractivity contribution in [3.8, 4) is 11.4 Å². The number of hydrogen-bond acceptors (Lipinski definition) is 4. The number of para-hydroxylation sites is 2. The predicted octanol–water partition coefficient (Wildman–Crippen LogP) is 5.19. The van der Waals surface area contributed by atoms with Crippen molar-refractivity contribution in [2.75, 3.05) is 5.43 Å². The molecule has 1 heterocycles. The summed E-state index contributed by atoms with van der Waals surface area (Å²) in [6, 6.07) is 23.7. The average molecular weight is 404 g/mol. The van der Waals surface area contributed by atoms with Gasteiger partial charge in [-0.3, -0.25) is 14.8 Å². The summed E-state index contributed by atoms with van der Waals surface area (Å²) in [5, 5.41) is 16.3. The molecule has 6 heteroatoms. The Kier molecular flexibility index (Phi) is 5.06. The van der Waals surface area contributed by atoms with E-state index in [2.05, 4.69) is 10.5 Å². The van der Waals surface area contributed by atoms with Gasteiger partial charge in [0.1, 0.15) is 11.3 Å². The highest BCUT2D eigenvalue weighted by Gasteiger charge is 2.19. The lowest BCUT2D eigenvalue weighted by molar-refractivity contribution is 0.478. The minimum absolute atomic E-state index is 0.0908. The molecule has 0 amide bonds. The van der Waals surface area contributed by atoms with E-state index < -0.39 is 0 Å². The highest BCUT2D eigenvalue weighted by molar-refractivity contribution is 6.30. The standard InChI is InChI=1S/C23H18ClN3O2/c1-15(25-26-17-9-7-8-16(24)14-17)21-22(28)19-12-5-6-13-20(19)27(23(21)29)18-10-3-2-4-11-18/h2-14,26,28H,1H3/b25-15+. The van der Waals surface area contributed by atoms with Crippen LogP contribution in [0.4, 0.5) is 5.69 Å². The van der Waals surface area contributed by atoms with Crippen LogP contribution in [0.2, 0.25) is 5.02 Å². The van der Waals surface area contributed by atoms with Gasteiger partial charge in [0.15, 0.2) is 0 Å². The third kappa shape index (κ3) is 3.60. The van der Waals surface area contributed by atoms with Gasteiger partial charge < -0.3 is 5.11 Å². The minimum atomic E-state index is -0.346. The number of benzene rings is 3. The highest BCUT2D eigenvalue weighted by Crippen LogP contribution is 2.28. The maximum Gasteiger partial charge on any atom is 0.268 e. The zero-order valence-corrected chi connectivity index (χ0v) is 16.4. The number of aromatic nitrogens is 1. The van der Waals surface area contributed by atoms with Crippen LogP contribution in [0.15, 0.2) is 88.8 Å². The average Bonchev–Trinajstić information content (AvgIpc) is 2.73. The van der Waals surface area contributed by atoms with Crippen LogP contribution in [-0.4, -0.2) is 15.4 Å². The fourth-order valence-corrected chi connectivity index (χ4v) is 3.44. The quantitative estimate of drug-likeness (QED) is 0.364. The third-order valence-electron chi connectivity index (χ3n) is 4.61. The molecule has 0 saturated carbocycles. The van der Waals surface area contributed by atoms with Crippen LogP contribution in [0, 0.1) is 0 Å². The van der Waals surface area contributed by atoms with Gasteiger partial charge in [-0.1, -0.05) is 48.0 Å². The van der Waals surface area contributed by atoms with Crippen LogP contribution in [0.5, 0.6) is 5.75 Å². The first kappa shape index (κ1) is 18.8. The predicted molar refractivity (Wildman–Crippen MR) is 118 cm³/mol. The first-order valence-corrected chi connectivity index (χ1v) is 9.42. The van der Waals surface area contributed by atoms with Crippen LogP contribution in [0.3, 0.4) is 0 Å². The smallest absolute Gasteiger partial charge is 0.268 e.